The highest BCUT2D eigenvalue weighted by Crippen LogP contribution is 2.29. The highest BCUT2D eigenvalue weighted by molar-refractivity contribution is 7.94. The van der Waals surface area contributed by atoms with Crippen LogP contribution < -0.4 is 9.62 Å². The normalized spacial score (nSPS) is 24.1. The van der Waals surface area contributed by atoms with Gasteiger partial charge in [0.1, 0.15) is 0 Å². The molecule has 1 saturated carbocycles. The van der Waals surface area contributed by atoms with Gasteiger partial charge in [-0.2, -0.15) is 0 Å². The Morgan fingerprint density at radius 1 is 1.21 bits per heavy atom. The zero-order chi connectivity index (χ0) is 17.3. The number of carbonyl (C=O) groups is 2. The number of nitrogens with one attached hydrogen (secondary N) is 1. The van der Waals surface area contributed by atoms with E-state index in [0.717, 1.165) is 30.0 Å². The minimum absolute atomic E-state index is 0.173. The van der Waals surface area contributed by atoms with E-state index in [1.165, 1.54) is 12.5 Å². The summed E-state index contributed by atoms with van der Waals surface area (Å²) in [4.78, 5) is 24.6. The molecule has 0 bridgehead atoms. The van der Waals surface area contributed by atoms with Crippen molar-refractivity contribution in [1.82, 2.24) is 5.32 Å². The van der Waals surface area contributed by atoms with Gasteiger partial charge in [-0.3, -0.25) is 9.59 Å². The maximum Gasteiger partial charge on any atom is 0.251 e. The van der Waals surface area contributed by atoms with Gasteiger partial charge < -0.3 is 5.32 Å². The Hall–Kier alpha value is -1.89. The van der Waals surface area contributed by atoms with E-state index in [-0.39, 0.29) is 23.4 Å². The first-order valence-electron chi connectivity index (χ1n) is 8.36. The summed E-state index contributed by atoms with van der Waals surface area (Å²) in [6.45, 7) is 1.60. The van der Waals surface area contributed by atoms with Crippen LogP contribution in [-0.4, -0.2) is 32.0 Å². The predicted octanol–water partition coefficient (Wildman–Crippen LogP) is 2.06. The molecule has 0 spiro atoms. The molecule has 130 valence electrons. The number of benzene rings is 1. The van der Waals surface area contributed by atoms with E-state index >= 15 is 0 Å². The summed E-state index contributed by atoms with van der Waals surface area (Å²) in [5.74, 6) is -1.42. The number of rotatable bonds is 3. The molecule has 7 heteroatoms. The van der Waals surface area contributed by atoms with Gasteiger partial charge in [0.15, 0.2) is 0 Å². The zero-order valence-electron chi connectivity index (χ0n) is 13.7. The van der Waals surface area contributed by atoms with Gasteiger partial charge in [0, 0.05) is 11.6 Å². The quantitative estimate of drug-likeness (QED) is 0.904. The highest BCUT2D eigenvalue weighted by Gasteiger charge is 2.42. The largest absolute Gasteiger partial charge is 0.349 e. The van der Waals surface area contributed by atoms with E-state index in [4.69, 9.17) is 0 Å². The number of anilines is 1. The van der Waals surface area contributed by atoms with Crippen LogP contribution in [0, 0.1) is 5.92 Å². The molecule has 1 saturated heterocycles. The second-order valence-corrected chi connectivity index (χ2v) is 8.50. The molecule has 24 heavy (non-hydrogen) atoms. The summed E-state index contributed by atoms with van der Waals surface area (Å²) < 4.78 is 25.2. The lowest BCUT2D eigenvalue weighted by atomic mass is 9.95. The van der Waals surface area contributed by atoms with Crippen LogP contribution in [0.4, 0.5) is 5.69 Å². The van der Waals surface area contributed by atoms with Crippen molar-refractivity contribution in [3.05, 3.63) is 29.8 Å². The molecule has 2 aliphatic rings. The van der Waals surface area contributed by atoms with E-state index in [9.17, 15) is 18.0 Å². The molecule has 1 aromatic rings. The SMILES string of the molecule is C[C@H]1CS(=O)(=O)N(c2cccc(C(=O)NC3CCCCC3)c2)C1=O. The molecule has 1 aliphatic carbocycles. The van der Waals surface area contributed by atoms with E-state index in [2.05, 4.69) is 5.32 Å². The number of sulfonamides is 1. The molecular weight excluding hydrogens is 328 g/mol. The summed E-state index contributed by atoms with van der Waals surface area (Å²) >= 11 is 0. The van der Waals surface area contributed by atoms with Gasteiger partial charge in [0.2, 0.25) is 15.9 Å². The molecule has 3 rings (SSSR count). The van der Waals surface area contributed by atoms with E-state index in [1.807, 2.05) is 0 Å². The van der Waals surface area contributed by atoms with Crippen molar-refractivity contribution >= 4 is 27.5 Å². The fourth-order valence-electron chi connectivity index (χ4n) is 3.38. The lowest BCUT2D eigenvalue weighted by molar-refractivity contribution is -0.119. The minimum atomic E-state index is -3.66. The van der Waals surface area contributed by atoms with Crippen molar-refractivity contribution in [2.24, 2.45) is 5.92 Å². The van der Waals surface area contributed by atoms with Crippen LogP contribution in [0.2, 0.25) is 0 Å². The van der Waals surface area contributed by atoms with Crippen LogP contribution in [-0.2, 0) is 14.8 Å². The monoisotopic (exact) mass is 350 g/mol. The van der Waals surface area contributed by atoms with Crippen LogP contribution in [0.25, 0.3) is 0 Å². The van der Waals surface area contributed by atoms with E-state index in [0.29, 0.717) is 5.56 Å². The van der Waals surface area contributed by atoms with Gasteiger partial charge in [-0.05, 0) is 31.0 Å². The number of hydrogen-bond acceptors (Lipinski definition) is 4. The zero-order valence-corrected chi connectivity index (χ0v) is 14.5. The number of hydrogen-bond donors (Lipinski definition) is 1. The summed E-state index contributed by atoms with van der Waals surface area (Å²) in [6.07, 6.45) is 5.38. The lowest BCUT2D eigenvalue weighted by Gasteiger charge is -2.23. The first-order chi connectivity index (χ1) is 11.4. The van der Waals surface area contributed by atoms with Crippen molar-refractivity contribution in [3.63, 3.8) is 0 Å². The Morgan fingerprint density at radius 2 is 1.92 bits per heavy atom. The smallest absolute Gasteiger partial charge is 0.251 e. The Kier molecular flexibility index (Phi) is 4.62. The number of nitrogens with zero attached hydrogens (tertiary/aromatic N) is 1. The summed E-state index contributed by atoms with van der Waals surface area (Å²) in [5, 5.41) is 3.00. The first-order valence-corrected chi connectivity index (χ1v) is 9.97. The second kappa shape index (κ2) is 6.55. The van der Waals surface area contributed by atoms with Gasteiger partial charge >= 0.3 is 0 Å². The van der Waals surface area contributed by atoms with Crippen LogP contribution >= 0.6 is 0 Å². The summed E-state index contributed by atoms with van der Waals surface area (Å²) in [5.41, 5.74) is 0.612. The maximum atomic E-state index is 12.4. The molecule has 1 aromatic carbocycles. The topological polar surface area (TPSA) is 83.6 Å². The van der Waals surface area contributed by atoms with Crippen molar-refractivity contribution in [2.75, 3.05) is 10.1 Å². The minimum Gasteiger partial charge on any atom is -0.349 e. The predicted molar refractivity (Wildman–Crippen MR) is 91.2 cm³/mol. The molecule has 0 aromatic heterocycles. The molecule has 6 nitrogen and oxygen atoms in total. The highest BCUT2D eigenvalue weighted by atomic mass is 32.2. The second-order valence-electron chi connectivity index (χ2n) is 6.64. The average Bonchev–Trinajstić information content (AvgIpc) is 2.76. The molecule has 2 fully saturated rings. The Balaban J connectivity index is 1.81. The summed E-state index contributed by atoms with van der Waals surface area (Å²) in [7, 11) is -3.66. The molecule has 1 N–H and O–H groups in total. The van der Waals surface area contributed by atoms with Crippen molar-refractivity contribution in [3.8, 4) is 0 Å². The number of carbonyl (C=O) groups excluding carboxylic acids is 2. The van der Waals surface area contributed by atoms with Gasteiger partial charge in [-0.15, -0.1) is 0 Å². The van der Waals surface area contributed by atoms with Crippen LogP contribution in [0.15, 0.2) is 24.3 Å². The van der Waals surface area contributed by atoms with Gasteiger partial charge in [0.25, 0.3) is 5.91 Å². The lowest BCUT2D eigenvalue weighted by Crippen LogP contribution is -2.36. The molecule has 1 aliphatic heterocycles. The fraction of sp³-hybridized carbons (Fsp3) is 0.529. The van der Waals surface area contributed by atoms with Crippen LogP contribution in [0.1, 0.15) is 49.4 Å². The Labute approximate surface area is 142 Å². The van der Waals surface area contributed by atoms with Crippen molar-refractivity contribution in [2.45, 2.75) is 45.1 Å². The molecule has 0 radical (unpaired) electrons. The van der Waals surface area contributed by atoms with Crippen LogP contribution in [0.3, 0.4) is 0 Å². The standard InChI is InChI=1S/C17H22N2O4S/c1-12-11-24(22,23)19(17(12)21)15-9-5-6-13(10-15)16(20)18-14-7-3-2-4-8-14/h5-6,9-10,12,14H,2-4,7-8,11H2,1H3,(H,18,20)/t12-/m0/s1. The Bertz CT molecular complexity index is 754. The molecular formula is C17H22N2O4S. The maximum absolute atomic E-state index is 12.4. The molecule has 0 unspecified atom stereocenters. The average molecular weight is 350 g/mol. The third kappa shape index (κ3) is 3.31. The van der Waals surface area contributed by atoms with Crippen LogP contribution in [0.5, 0.6) is 0 Å². The van der Waals surface area contributed by atoms with Crippen molar-refractivity contribution in [1.29, 1.82) is 0 Å². The Morgan fingerprint density at radius 3 is 2.54 bits per heavy atom. The van der Waals surface area contributed by atoms with Gasteiger partial charge in [-0.25, -0.2) is 12.7 Å². The summed E-state index contributed by atoms with van der Waals surface area (Å²) in [6, 6.07) is 6.44. The van der Waals surface area contributed by atoms with E-state index < -0.39 is 21.8 Å². The van der Waals surface area contributed by atoms with Gasteiger partial charge in [-0.1, -0.05) is 32.3 Å². The fourth-order valence-corrected chi connectivity index (χ4v) is 5.19. The van der Waals surface area contributed by atoms with Crippen molar-refractivity contribution < 1.29 is 18.0 Å². The molecule has 1 heterocycles. The third-order valence-electron chi connectivity index (χ3n) is 4.64. The first kappa shape index (κ1) is 17.0. The molecule has 1 atom stereocenters. The molecule has 2 amide bonds. The van der Waals surface area contributed by atoms with E-state index in [1.54, 1.807) is 25.1 Å². The third-order valence-corrected chi connectivity index (χ3v) is 6.51. The van der Waals surface area contributed by atoms with Gasteiger partial charge in [0.05, 0.1) is 17.4 Å². The number of amides is 2.